The minimum absolute atomic E-state index is 0.0677. The number of methoxy groups -OCH3 is 1. The van der Waals surface area contributed by atoms with Crippen molar-refractivity contribution >= 4 is 12.1 Å². The van der Waals surface area contributed by atoms with Crippen LogP contribution >= 0.6 is 0 Å². The van der Waals surface area contributed by atoms with Gasteiger partial charge in [-0.3, -0.25) is 4.79 Å². The van der Waals surface area contributed by atoms with Crippen molar-refractivity contribution in [3.8, 4) is 0 Å². The van der Waals surface area contributed by atoms with Gasteiger partial charge in [-0.05, 0) is 32.1 Å². The van der Waals surface area contributed by atoms with E-state index in [4.69, 9.17) is 9.47 Å². The van der Waals surface area contributed by atoms with Crippen LogP contribution in [0.3, 0.4) is 0 Å². The van der Waals surface area contributed by atoms with Gasteiger partial charge in [-0.25, -0.2) is 4.79 Å². The first-order valence-corrected chi connectivity index (χ1v) is 5.65. The summed E-state index contributed by atoms with van der Waals surface area (Å²) in [7, 11) is 1.42. The lowest BCUT2D eigenvalue weighted by Gasteiger charge is -2.12. The number of fused-ring (bicyclic) bond motifs is 1. The highest BCUT2D eigenvalue weighted by Gasteiger charge is 2.67. The normalized spacial score (nSPS) is 35.1. The molecule has 2 aliphatic carbocycles. The molecule has 0 bridgehead atoms. The number of carbonyl (C=O) groups is 2. The van der Waals surface area contributed by atoms with Crippen molar-refractivity contribution in [1.82, 2.24) is 5.32 Å². The Bertz CT molecular complexity index is 317. The Morgan fingerprint density at radius 1 is 1.50 bits per heavy atom. The molecule has 2 rings (SSSR count). The topological polar surface area (TPSA) is 64.6 Å². The lowest BCUT2D eigenvalue weighted by Crippen LogP contribution is -2.35. The van der Waals surface area contributed by atoms with Gasteiger partial charge >= 0.3 is 12.1 Å². The van der Waals surface area contributed by atoms with Crippen LogP contribution in [0.25, 0.3) is 0 Å². The Morgan fingerprint density at radius 3 is 2.81 bits per heavy atom. The molecule has 0 saturated heterocycles. The van der Waals surface area contributed by atoms with Crippen LogP contribution in [-0.4, -0.2) is 31.8 Å². The Labute approximate surface area is 94.5 Å². The molecule has 0 aromatic rings. The number of amides is 1. The third kappa shape index (κ3) is 1.64. The molecule has 0 aliphatic heterocycles. The van der Waals surface area contributed by atoms with Crippen molar-refractivity contribution in [3.05, 3.63) is 0 Å². The van der Waals surface area contributed by atoms with Crippen molar-refractivity contribution in [2.45, 2.75) is 32.2 Å². The number of nitrogens with one attached hydrogen (secondary N) is 1. The minimum atomic E-state index is -0.389. The monoisotopic (exact) mass is 227 g/mol. The first-order chi connectivity index (χ1) is 7.64. The van der Waals surface area contributed by atoms with E-state index in [9.17, 15) is 9.59 Å². The zero-order chi connectivity index (χ0) is 11.8. The summed E-state index contributed by atoms with van der Waals surface area (Å²) in [6, 6.07) is 0.0677. The van der Waals surface area contributed by atoms with Gasteiger partial charge in [0.15, 0.2) is 0 Å². The number of alkyl carbamates (subject to hydrolysis) is 1. The summed E-state index contributed by atoms with van der Waals surface area (Å²) in [5.41, 5.74) is -0.307. The summed E-state index contributed by atoms with van der Waals surface area (Å²) in [4.78, 5) is 22.8. The molecule has 0 aromatic heterocycles. The van der Waals surface area contributed by atoms with Crippen molar-refractivity contribution in [2.75, 3.05) is 13.7 Å². The second-order valence-corrected chi connectivity index (χ2v) is 4.47. The van der Waals surface area contributed by atoms with Crippen LogP contribution in [-0.2, 0) is 14.3 Å². The van der Waals surface area contributed by atoms with Crippen LogP contribution in [0.15, 0.2) is 0 Å². The predicted molar refractivity (Wildman–Crippen MR) is 55.7 cm³/mol. The molecule has 3 atom stereocenters. The van der Waals surface area contributed by atoms with Crippen LogP contribution < -0.4 is 5.32 Å². The second kappa shape index (κ2) is 3.96. The third-order valence-corrected chi connectivity index (χ3v) is 3.69. The quantitative estimate of drug-likeness (QED) is 0.732. The molecule has 1 N–H and O–H groups in total. The molecule has 2 saturated carbocycles. The molecule has 0 radical (unpaired) electrons. The van der Waals surface area contributed by atoms with Crippen molar-refractivity contribution in [1.29, 1.82) is 0 Å². The minimum Gasteiger partial charge on any atom is -0.469 e. The molecule has 1 amide bonds. The fraction of sp³-hybridized carbons (Fsp3) is 0.818. The fourth-order valence-corrected chi connectivity index (χ4v) is 2.80. The van der Waals surface area contributed by atoms with Crippen LogP contribution in [0.2, 0.25) is 0 Å². The summed E-state index contributed by atoms with van der Waals surface area (Å²) < 4.78 is 9.62. The summed E-state index contributed by atoms with van der Waals surface area (Å²) in [6.45, 7) is 2.13. The molecule has 0 unspecified atom stereocenters. The van der Waals surface area contributed by atoms with E-state index in [1.54, 1.807) is 6.92 Å². The van der Waals surface area contributed by atoms with Gasteiger partial charge in [-0.2, -0.15) is 0 Å². The maximum absolute atomic E-state index is 11.6. The highest BCUT2D eigenvalue weighted by Crippen LogP contribution is 2.64. The van der Waals surface area contributed by atoms with Crippen LogP contribution in [0.1, 0.15) is 26.2 Å². The van der Waals surface area contributed by atoms with Crippen LogP contribution in [0.5, 0.6) is 0 Å². The smallest absolute Gasteiger partial charge is 0.407 e. The van der Waals surface area contributed by atoms with E-state index in [1.165, 1.54) is 7.11 Å². The number of hydrogen-bond donors (Lipinski definition) is 1. The summed E-state index contributed by atoms with van der Waals surface area (Å²) >= 11 is 0. The molecular weight excluding hydrogens is 210 g/mol. The Morgan fingerprint density at radius 2 is 2.25 bits per heavy atom. The summed E-state index contributed by atoms with van der Waals surface area (Å²) in [5.74, 6) is 0.106. The van der Waals surface area contributed by atoms with Crippen LogP contribution in [0.4, 0.5) is 4.79 Å². The first-order valence-electron chi connectivity index (χ1n) is 5.65. The van der Waals surface area contributed by atoms with E-state index in [0.717, 1.165) is 19.3 Å². The third-order valence-electron chi connectivity index (χ3n) is 3.69. The van der Waals surface area contributed by atoms with E-state index in [2.05, 4.69) is 5.32 Å². The van der Waals surface area contributed by atoms with E-state index >= 15 is 0 Å². The number of esters is 1. The van der Waals surface area contributed by atoms with Gasteiger partial charge in [-0.15, -0.1) is 0 Å². The molecule has 90 valence electrons. The average molecular weight is 227 g/mol. The average Bonchev–Trinajstić information content (AvgIpc) is 2.91. The largest absolute Gasteiger partial charge is 0.469 e. The number of hydrogen-bond acceptors (Lipinski definition) is 4. The Balaban J connectivity index is 1.89. The molecule has 0 aromatic carbocycles. The first kappa shape index (κ1) is 11.2. The SMILES string of the molecule is CCOC(=O)N[C@@H]1CC[C@@]2(C(=O)OC)C[C@H]12. The summed E-state index contributed by atoms with van der Waals surface area (Å²) in [6.07, 6.45) is 2.08. The highest BCUT2D eigenvalue weighted by atomic mass is 16.5. The Kier molecular flexibility index (Phi) is 2.78. The maximum atomic E-state index is 11.6. The molecule has 5 heteroatoms. The van der Waals surface area contributed by atoms with E-state index in [-0.39, 0.29) is 29.4 Å². The van der Waals surface area contributed by atoms with Crippen molar-refractivity contribution < 1.29 is 19.1 Å². The van der Waals surface area contributed by atoms with Gasteiger partial charge in [-0.1, -0.05) is 0 Å². The highest BCUT2D eigenvalue weighted by molar-refractivity contribution is 5.82. The number of carbonyl (C=O) groups excluding carboxylic acids is 2. The number of ether oxygens (including phenoxy) is 2. The van der Waals surface area contributed by atoms with Crippen LogP contribution in [0, 0.1) is 11.3 Å². The summed E-state index contributed by atoms with van der Waals surface area (Å²) in [5, 5.41) is 2.81. The van der Waals surface area contributed by atoms with Gasteiger partial charge in [0.2, 0.25) is 0 Å². The maximum Gasteiger partial charge on any atom is 0.407 e. The number of rotatable bonds is 3. The Hall–Kier alpha value is -1.26. The predicted octanol–water partition coefficient (Wildman–Crippen LogP) is 1.07. The van der Waals surface area contributed by atoms with Crippen molar-refractivity contribution in [2.24, 2.45) is 11.3 Å². The molecule has 0 heterocycles. The second-order valence-electron chi connectivity index (χ2n) is 4.47. The molecular formula is C11H17NO4. The molecule has 2 aliphatic rings. The lowest BCUT2D eigenvalue weighted by molar-refractivity contribution is -0.147. The molecule has 0 spiro atoms. The van der Waals surface area contributed by atoms with E-state index in [0.29, 0.717) is 6.61 Å². The fourth-order valence-electron chi connectivity index (χ4n) is 2.80. The standard InChI is InChI=1S/C11H17NO4/c1-3-16-10(14)12-8-4-5-11(6-7(8)11)9(13)15-2/h7-8H,3-6H2,1-2H3,(H,12,14)/t7-,8-,11-/m1/s1. The molecule has 2 fully saturated rings. The van der Waals surface area contributed by atoms with E-state index < -0.39 is 0 Å². The zero-order valence-electron chi connectivity index (χ0n) is 9.62. The van der Waals surface area contributed by atoms with Gasteiger partial charge in [0.05, 0.1) is 19.1 Å². The van der Waals surface area contributed by atoms with Gasteiger partial charge in [0.1, 0.15) is 0 Å². The molecule has 5 nitrogen and oxygen atoms in total. The molecule has 16 heavy (non-hydrogen) atoms. The zero-order valence-corrected chi connectivity index (χ0v) is 9.62. The lowest BCUT2D eigenvalue weighted by atomic mass is 10.1. The van der Waals surface area contributed by atoms with E-state index in [1.807, 2.05) is 0 Å². The van der Waals surface area contributed by atoms with Gasteiger partial charge in [0.25, 0.3) is 0 Å². The van der Waals surface area contributed by atoms with Gasteiger partial charge < -0.3 is 14.8 Å². The van der Waals surface area contributed by atoms with Gasteiger partial charge in [0, 0.05) is 6.04 Å². The van der Waals surface area contributed by atoms with Crippen molar-refractivity contribution in [3.63, 3.8) is 0 Å².